The van der Waals surface area contributed by atoms with Gasteiger partial charge in [0.15, 0.2) is 0 Å². The highest BCUT2D eigenvalue weighted by molar-refractivity contribution is 7.89. The lowest BCUT2D eigenvalue weighted by atomic mass is 10.2. The molecule has 1 heterocycles. The second-order valence-electron chi connectivity index (χ2n) is 5.14. The molecule has 1 aromatic rings. The van der Waals surface area contributed by atoms with Gasteiger partial charge in [0, 0.05) is 13.1 Å². The first-order valence-electron chi connectivity index (χ1n) is 7.23. The van der Waals surface area contributed by atoms with Gasteiger partial charge in [-0.25, -0.2) is 18.1 Å². The van der Waals surface area contributed by atoms with Crippen molar-refractivity contribution in [2.24, 2.45) is 7.05 Å². The SMILES string of the molecule is CCN(CC)CCCC(C)NS(=O)(=O)c1ncn(C)c1Cl. The van der Waals surface area contributed by atoms with Crippen molar-refractivity contribution in [3.8, 4) is 0 Å². The van der Waals surface area contributed by atoms with Crippen LogP contribution < -0.4 is 4.72 Å². The van der Waals surface area contributed by atoms with Crippen LogP contribution in [0.3, 0.4) is 0 Å². The van der Waals surface area contributed by atoms with E-state index >= 15 is 0 Å². The van der Waals surface area contributed by atoms with Crippen LogP contribution in [0.25, 0.3) is 0 Å². The third kappa shape index (κ3) is 5.25. The number of rotatable bonds is 9. The minimum absolute atomic E-state index is 0.109. The van der Waals surface area contributed by atoms with Gasteiger partial charge in [-0.15, -0.1) is 0 Å². The summed E-state index contributed by atoms with van der Waals surface area (Å²) in [7, 11) is -2.00. The predicted octanol–water partition coefficient (Wildman–Crippen LogP) is 1.86. The molecular weight excluding hydrogens is 312 g/mol. The van der Waals surface area contributed by atoms with E-state index in [1.807, 2.05) is 6.92 Å². The fourth-order valence-corrected chi connectivity index (χ4v) is 3.82. The Morgan fingerprint density at radius 1 is 1.43 bits per heavy atom. The maximum Gasteiger partial charge on any atom is 0.261 e. The molecule has 0 aliphatic heterocycles. The van der Waals surface area contributed by atoms with Gasteiger partial charge in [0.2, 0.25) is 5.03 Å². The van der Waals surface area contributed by atoms with Crippen LogP contribution in [0.4, 0.5) is 0 Å². The normalized spacial score (nSPS) is 13.8. The first kappa shape index (κ1) is 18.4. The zero-order chi connectivity index (χ0) is 16.0. The molecule has 6 nitrogen and oxygen atoms in total. The van der Waals surface area contributed by atoms with Crippen molar-refractivity contribution < 1.29 is 8.42 Å². The second kappa shape index (κ2) is 8.12. The van der Waals surface area contributed by atoms with E-state index in [-0.39, 0.29) is 16.2 Å². The van der Waals surface area contributed by atoms with Crippen LogP contribution in [0.2, 0.25) is 5.15 Å². The van der Waals surface area contributed by atoms with E-state index in [0.717, 1.165) is 32.5 Å². The summed E-state index contributed by atoms with van der Waals surface area (Å²) in [5, 5.41) is 0.0140. The second-order valence-corrected chi connectivity index (χ2v) is 7.13. The quantitative estimate of drug-likeness (QED) is 0.747. The van der Waals surface area contributed by atoms with Crippen LogP contribution in [0.15, 0.2) is 11.4 Å². The molecule has 0 spiro atoms. The zero-order valence-corrected chi connectivity index (χ0v) is 14.7. The Balaban J connectivity index is 2.54. The van der Waals surface area contributed by atoms with Gasteiger partial charge in [-0.2, -0.15) is 0 Å². The highest BCUT2D eigenvalue weighted by Gasteiger charge is 2.24. The Labute approximate surface area is 132 Å². The lowest BCUT2D eigenvalue weighted by Gasteiger charge is -2.19. The van der Waals surface area contributed by atoms with Crippen LogP contribution in [0.1, 0.15) is 33.6 Å². The highest BCUT2D eigenvalue weighted by Crippen LogP contribution is 2.18. The Kier molecular flexibility index (Phi) is 7.12. The van der Waals surface area contributed by atoms with Crippen molar-refractivity contribution in [1.82, 2.24) is 19.2 Å². The Morgan fingerprint density at radius 3 is 2.52 bits per heavy atom. The molecule has 0 aliphatic rings. The number of halogens is 1. The molecule has 1 unspecified atom stereocenters. The van der Waals surface area contributed by atoms with Crippen molar-refractivity contribution in [3.05, 3.63) is 11.5 Å². The number of nitrogens with one attached hydrogen (secondary N) is 1. The molecule has 21 heavy (non-hydrogen) atoms. The molecule has 8 heteroatoms. The van der Waals surface area contributed by atoms with E-state index in [9.17, 15) is 8.42 Å². The molecule has 1 rings (SSSR count). The van der Waals surface area contributed by atoms with Crippen molar-refractivity contribution in [1.29, 1.82) is 0 Å². The largest absolute Gasteiger partial charge is 0.324 e. The van der Waals surface area contributed by atoms with Gasteiger partial charge in [0.25, 0.3) is 10.0 Å². The summed E-state index contributed by atoms with van der Waals surface area (Å²) < 4.78 is 28.5. The predicted molar refractivity (Wildman–Crippen MR) is 85.0 cm³/mol. The number of nitrogens with zero attached hydrogens (tertiary/aromatic N) is 3. The molecule has 0 saturated heterocycles. The Bertz CT molecular complexity index is 540. The molecule has 1 aromatic heterocycles. The number of sulfonamides is 1. The first-order chi connectivity index (χ1) is 9.81. The number of hydrogen-bond acceptors (Lipinski definition) is 4. The summed E-state index contributed by atoms with van der Waals surface area (Å²) in [4.78, 5) is 6.16. The third-order valence-corrected chi connectivity index (χ3v) is 5.53. The lowest BCUT2D eigenvalue weighted by molar-refractivity contribution is 0.293. The molecule has 0 saturated carbocycles. The van der Waals surface area contributed by atoms with Crippen molar-refractivity contribution in [3.63, 3.8) is 0 Å². The lowest BCUT2D eigenvalue weighted by Crippen LogP contribution is -2.34. The van der Waals surface area contributed by atoms with E-state index in [2.05, 4.69) is 28.5 Å². The Morgan fingerprint density at radius 2 is 2.05 bits per heavy atom. The molecule has 1 atom stereocenters. The van der Waals surface area contributed by atoms with Crippen LogP contribution in [-0.2, 0) is 17.1 Å². The van der Waals surface area contributed by atoms with Crippen LogP contribution in [0.5, 0.6) is 0 Å². The van der Waals surface area contributed by atoms with Gasteiger partial charge in [0.1, 0.15) is 5.15 Å². The summed E-state index contributed by atoms with van der Waals surface area (Å²) >= 11 is 5.93. The maximum atomic E-state index is 12.2. The van der Waals surface area contributed by atoms with Gasteiger partial charge in [-0.1, -0.05) is 25.4 Å². The van der Waals surface area contributed by atoms with Crippen molar-refractivity contribution in [2.45, 2.75) is 44.7 Å². The van der Waals surface area contributed by atoms with Crippen LogP contribution in [0, 0.1) is 0 Å². The van der Waals surface area contributed by atoms with Gasteiger partial charge >= 0.3 is 0 Å². The van der Waals surface area contributed by atoms with Crippen LogP contribution in [-0.4, -0.2) is 48.5 Å². The zero-order valence-electron chi connectivity index (χ0n) is 13.1. The molecule has 0 bridgehead atoms. The first-order valence-corrected chi connectivity index (χ1v) is 9.09. The molecule has 122 valence electrons. The third-order valence-electron chi connectivity index (χ3n) is 3.45. The van der Waals surface area contributed by atoms with E-state index < -0.39 is 10.0 Å². The van der Waals surface area contributed by atoms with Gasteiger partial charge in [-0.05, 0) is 39.4 Å². The van der Waals surface area contributed by atoms with Gasteiger partial charge in [-0.3, -0.25) is 0 Å². The number of hydrogen-bond donors (Lipinski definition) is 1. The number of imidazole rings is 1. The minimum atomic E-state index is -3.66. The molecule has 0 aromatic carbocycles. The topological polar surface area (TPSA) is 67.2 Å². The molecule has 0 aliphatic carbocycles. The Hall–Kier alpha value is -0.630. The molecule has 0 fully saturated rings. The average Bonchev–Trinajstić information content (AvgIpc) is 2.75. The molecule has 1 N–H and O–H groups in total. The van der Waals surface area contributed by atoms with E-state index in [1.165, 1.54) is 10.9 Å². The number of aryl methyl sites for hydroxylation is 1. The van der Waals surface area contributed by atoms with E-state index in [0.29, 0.717) is 0 Å². The maximum absolute atomic E-state index is 12.2. The highest BCUT2D eigenvalue weighted by atomic mass is 35.5. The standard InChI is InChI=1S/C13H25ClN4O2S/c1-5-18(6-2)9-7-8-11(3)16-21(19,20)13-12(14)17(4)10-15-13/h10-11,16H,5-9H2,1-4H3. The molecular formula is C13H25ClN4O2S. The summed E-state index contributed by atoms with van der Waals surface area (Å²) in [5.74, 6) is 0. The van der Waals surface area contributed by atoms with Crippen molar-refractivity contribution in [2.75, 3.05) is 19.6 Å². The smallest absolute Gasteiger partial charge is 0.261 e. The number of aromatic nitrogens is 2. The average molecular weight is 337 g/mol. The summed E-state index contributed by atoms with van der Waals surface area (Å²) in [6.45, 7) is 9.11. The fourth-order valence-electron chi connectivity index (χ4n) is 2.11. The van der Waals surface area contributed by atoms with Gasteiger partial charge < -0.3 is 9.47 Å². The monoisotopic (exact) mass is 336 g/mol. The minimum Gasteiger partial charge on any atom is -0.324 e. The molecule has 0 radical (unpaired) electrons. The van der Waals surface area contributed by atoms with Gasteiger partial charge in [0.05, 0.1) is 6.33 Å². The summed E-state index contributed by atoms with van der Waals surface area (Å²) in [5.41, 5.74) is 0. The van der Waals surface area contributed by atoms with Crippen molar-refractivity contribution >= 4 is 21.6 Å². The van der Waals surface area contributed by atoms with Crippen LogP contribution >= 0.6 is 11.6 Å². The fraction of sp³-hybridized carbons (Fsp3) is 0.769. The van der Waals surface area contributed by atoms with E-state index in [4.69, 9.17) is 11.6 Å². The van der Waals surface area contributed by atoms with E-state index in [1.54, 1.807) is 7.05 Å². The molecule has 0 amide bonds. The summed E-state index contributed by atoms with van der Waals surface area (Å²) in [6, 6.07) is -0.149. The summed E-state index contributed by atoms with van der Waals surface area (Å²) in [6.07, 6.45) is 3.11.